The van der Waals surface area contributed by atoms with E-state index in [4.69, 9.17) is 15.7 Å². The molecule has 232 valence electrons. The van der Waals surface area contributed by atoms with Crippen LogP contribution in [0.25, 0.3) is 11.2 Å². The SMILES string of the molecule is CCC(=O)N[C@H]1C[C@@H](n2cnc3c(NCC(c4ccc(O)cc4)c4ccc(O)cc4)nc(N4CC[C@@H](N)C4)nc32)[C@H](O)[C@@H]1O. The summed E-state index contributed by atoms with van der Waals surface area (Å²) in [6.45, 7) is 3.43. The van der Waals surface area contributed by atoms with E-state index in [-0.39, 0.29) is 35.8 Å². The highest BCUT2D eigenvalue weighted by Crippen LogP contribution is 2.36. The fourth-order valence-corrected chi connectivity index (χ4v) is 6.16. The van der Waals surface area contributed by atoms with Crippen molar-refractivity contribution in [1.82, 2.24) is 24.8 Å². The van der Waals surface area contributed by atoms with E-state index in [2.05, 4.69) is 15.6 Å². The number of anilines is 2. The van der Waals surface area contributed by atoms with Crippen LogP contribution in [-0.4, -0.2) is 89.8 Å². The van der Waals surface area contributed by atoms with E-state index in [1.165, 1.54) is 0 Å². The van der Waals surface area contributed by atoms with E-state index in [1.54, 1.807) is 42.1 Å². The smallest absolute Gasteiger partial charge is 0.229 e. The third-order valence-corrected chi connectivity index (χ3v) is 8.66. The molecule has 0 bridgehead atoms. The van der Waals surface area contributed by atoms with Crippen molar-refractivity contribution in [3.05, 3.63) is 66.0 Å². The van der Waals surface area contributed by atoms with Gasteiger partial charge in [0.05, 0.1) is 18.4 Å². The zero-order valence-corrected chi connectivity index (χ0v) is 24.4. The van der Waals surface area contributed by atoms with Gasteiger partial charge in [-0.3, -0.25) is 4.79 Å². The van der Waals surface area contributed by atoms with Crippen LogP contribution < -0.4 is 21.3 Å². The summed E-state index contributed by atoms with van der Waals surface area (Å²) in [7, 11) is 0. The summed E-state index contributed by atoms with van der Waals surface area (Å²) in [4.78, 5) is 28.5. The number of benzene rings is 2. The Bertz CT molecular complexity index is 1570. The first-order valence-electron chi connectivity index (χ1n) is 14.9. The lowest BCUT2D eigenvalue weighted by Crippen LogP contribution is -2.42. The minimum atomic E-state index is -1.14. The lowest BCUT2D eigenvalue weighted by atomic mass is 9.91. The van der Waals surface area contributed by atoms with Gasteiger partial charge in [-0.15, -0.1) is 0 Å². The quantitative estimate of drug-likeness (QED) is 0.147. The molecule has 1 aliphatic heterocycles. The fraction of sp³-hybridized carbons (Fsp3) is 0.419. The van der Waals surface area contributed by atoms with Crippen LogP contribution in [0.4, 0.5) is 11.8 Å². The number of aromatic nitrogens is 4. The zero-order chi connectivity index (χ0) is 31.0. The summed E-state index contributed by atoms with van der Waals surface area (Å²) < 4.78 is 1.76. The van der Waals surface area contributed by atoms with E-state index >= 15 is 0 Å². The van der Waals surface area contributed by atoms with Crippen LogP contribution in [0.3, 0.4) is 0 Å². The predicted molar refractivity (Wildman–Crippen MR) is 165 cm³/mol. The van der Waals surface area contributed by atoms with Gasteiger partial charge in [0, 0.05) is 38.0 Å². The van der Waals surface area contributed by atoms with Crippen molar-refractivity contribution in [3.8, 4) is 11.5 Å². The molecule has 1 saturated carbocycles. The number of nitrogens with one attached hydrogen (secondary N) is 2. The standard InChI is InChI=1S/C31H38N8O5/c1-2-25(42)35-23-13-24(28(44)27(23)43)39-16-34-26-29(36-31(37-30(26)39)38-12-11-19(32)15-38)33-14-22(17-3-7-20(40)8-4-17)18-5-9-21(41)10-6-18/h3-10,16,19,22-24,27-28,40-41,43-44H,2,11-15,32H2,1H3,(H,35,42)(H,33,36,37)/t19-,23+,24-,27-,28+/m1/s1. The number of nitrogens with two attached hydrogens (primary N) is 1. The molecule has 0 unspecified atom stereocenters. The van der Waals surface area contributed by atoms with Gasteiger partial charge in [-0.25, -0.2) is 4.98 Å². The molecule has 1 saturated heterocycles. The average molecular weight is 603 g/mol. The highest BCUT2D eigenvalue weighted by Gasteiger charge is 2.44. The summed E-state index contributed by atoms with van der Waals surface area (Å²) in [5.74, 6) is 0.939. The number of phenols is 2. The second kappa shape index (κ2) is 12.3. The number of carbonyl (C=O) groups is 1. The van der Waals surface area contributed by atoms with Gasteiger partial charge in [-0.1, -0.05) is 31.2 Å². The molecular weight excluding hydrogens is 564 g/mol. The summed E-state index contributed by atoms with van der Waals surface area (Å²) in [5, 5.41) is 47.8. The molecule has 13 heteroatoms. The number of aliphatic hydroxyl groups is 2. The van der Waals surface area contributed by atoms with Crippen molar-refractivity contribution in [2.45, 2.75) is 62.4 Å². The number of hydrogen-bond acceptors (Lipinski definition) is 11. The molecule has 2 fully saturated rings. The second-order valence-corrected chi connectivity index (χ2v) is 11.6. The van der Waals surface area contributed by atoms with Crippen molar-refractivity contribution >= 4 is 28.8 Å². The molecule has 4 aromatic rings. The lowest BCUT2D eigenvalue weighted by molar-refractivity contribution is -0.122. The van der Waals surface area contributed by atoms with E-state index in [0.717, 1.165) is 17.5 Å². The van der Waals surface area contributed by atoms with Gasteiger partial charge >= 0.3 is 0 Å². The molecule has 1 aliphatic carbocycles. The summed E-state index contributed by atoms with van der Waals surface area (Å²) in [6, 6.07) is 12.8. The van der Waals surface area contributed by atoms with Crippen molar-refractivity contribution in [3.63, 3.8) is 0 Å². The zero-order valence-electron chi connectivity index (χ0n) is 24.4. The highest BCUT2D eigenvalue weighted by atomic mass is 16.3. The first-order chi connectivity index (χ1) is 21.2. The molecule has 2 aromatic carbocycles. The predicted octanol–water partition coefficient (Wildman–Crippen LogP) is 1.58. The Morgan fingerprint density at radius 1 is 1.02 bits per heavy atom. The maximum absolute atomic E-state index is 12.1. The van der Waals surface area contributed by atoms with Gasteiger partial charge in [0.1, 0.15) is 23.7 Å². The monoisotopic (exact) mass is 602 g/mol. The number of amides is 1. The Morgan fingerprint density at radius 2 is 1.68 bits per heavy atom. The lowest BCUT2D eigenvalue weighted by Gasteiger charge is -2.22. The number of imidazole rings is 1. The van der Waals surface area contributed by atoms with Gasteiger partial charge in [0.25, 0.3) is 0 Å². The van der Waals surface area contributed by atoms with Crippen LogP contribution in [0.1, 0.15) is 49.3 Å². The van der Waals surface area contributed by atoms with Crippen LogP contribution in [0.2, 0.25) is 0 Å². The Hall–Kier alpha value is -4.46. The summed E-state index contributed by atoms with van der Waals surface area (Å²) in [5.41, 5.74) is 9.09. The second-order valence-electron chi connectivity index (χ2n) is 11.6. The molecule has 44 heavy (non-hydrogen) atoms. The molecule has 13 nitrogen and oxygen atoms in total. The van der Waals surface area contributed by atoms with Crippen LogP contribution in [0.5, 0.6) is 11.5 Å². The third kappa shape index (κ3) is 5.85. The number of phenolic OH excluding ortho intramolecular Hbond substituents is 2. The third-order valence-electron chi connectivity index (χ3n) is 8.66. The van der Waals surface area contributed by atoms with Crippen molar-refractivity contribution in [2.75, 3.05) is 29.9 Å². The molecule has 8 N–H and O–H groups in total. The minimum absolute atomic E-state index is 0.00118. The average Bonchev–Trinajstić information content (AvgIpc) is 3.72. The van der Waals surface area contributed by atoms with Crippen LogP contribution >= 0.6 is 0 Å². The molecule has 0 radical (unpaired) electrons. The molecule has 6 rings (SSSR count). The number of hydrogen-bond donors (Lipinski definition) is 7. The Morgan fingerprint density at radius 3 is 2.27 bits per heavy atom. The number of aromatic hydroxyl groups is 2. The van der Waals surface area contributed by atoms with Crippen LogP contribution in [0.15, 0.2) is 54.9 Å². The molecular formula is C31H38N8O5. The molecule has 2 aromatic heterocycles. The fourth-order valence-electron chi connectivity index (χ4n) is 6.16. The van der Waals surface area contributed by atoms with Gasteiger partial charge < -0.3 is 46.3 Å². The Balaban J connectivity index is 1.36. The van der Waals surface area contributed by atoms with Crippen LogP contribution in [-0.2, 0) is 4.79 Å². The largest absolute Gasteiger partial charge is 0.508 e. The maximum atomic E-state index is 12.1. The van der Waals surface area contributed by atoms with Gasteiger partial charge in [-0.2, -0.15) is 9.97 Å². The van der Waals surface area contributed by atoms with Gasteiger partial charge in [0.15, 0.2) is 17.0 Å². The number of carbonyl (C=O) groups excluding carboxylic acids is 1. The molecule has 3 heterocycles. The van der Waals surface area contributed by atoms with E-state index in [0.29, 0.717) is 49.0 Å². The van der Waals surface area contributed by atoms with Crippen molar-refractivity contribution in [2.24, 2.45) is 5.73 Å². The van der Waals surface area contributed by atoms with Gasteiger partial charge in [-0.05, 0) is 48.2 Å². The first-order valence-corrected chi connectivity index (χ1v) is 14.9. The molecule has 2 aliphatic rings. The van der Waals surface area contributed by atoms with E-state index in [1.807, 2.05) is 29.2 Å². The Kier molecular flexibility index (Phi) is 8.25. The number of fused-ring (bicyclic) bond motifs is 1. The Labute approximate surface area is 254 Å². The first kappa shape index (κ1) is 29.6. The van der Waals surface area contributed by atoms with E-state index < -0.39 is 24.3 Å². The molecule has 1 amide bonds. The number of aliphatic hydroxyl groups excluding tert-OH is 2. The summed E-state index contributed by atoms with van der Waals surface area (Å²) >= 11 is 0. The van der Waals surface area contributed by atoms with Crippen molar-refractivity contribution in [1.29, 1.82) is 0 Å². The molecule has 5 atom stereocenters. The minimum Gasteiger partial charge on any atom is -0.508 e. The van der Waals surface area contributed by atoms with Crippen LogP contribution in [0, 0.1) is 0 Å². The van der Waals surface area contributed by atoms with E-state index in [9.17, 15) is 25.2 Å². The number of nitrogens with zero attached hydrogens (tertiary/aromatic N) is 5. The van der Waals surface area contributed by atoms with Gasteiger partial charge in [0.2, 0.25) is 11.9 Å². The van der Waals surface area contributed by atoms with Crippen molar-refractivity contribution < 1.29 is 25.2 Å². The normalized spacial score (nSPS) is 23.5. The maximum Gasteiger partial charge on any atom is 0.229 e. The topological polar surface area (TPSA) is 195 Å². The highest BCUT2D eigenvalue weighted by molar-refractivity contribution is 5.84. The molecule has 0 spiro atoms. The number of rotatable bonds is 9. The summed E-state index contributed by atoms with van der Waals surface area (Å²) in [6.07, 6.45) is 0.695.